The van der Waals surface area contributed by atoms with E-state index >= 15 is 0 Å². The lowest BCUT2D eigenvalue weighted by molar-refractivity contribution is -0.137. The van der Waals surface area contributed by atoms with Crippen molar-refractivity contribution in [2.75, 3.05) is 11.1 Å². The number of benzene rings is 2. The van der Waals surface area contributed by atoms with Gasteiger partial charge in [-0.25, -0.2) is 4.79 Å². The van der Waals surface area contributed by atoms with E-state index in [1.807, 2.05) is 0 Å². The minimum absolute atomic E-state index is 0.0697. The molecule has 0 saturated carbocycles. The van der Waals surface area contributed by atoms with E-state index < -0.39 is 29.3 Å². The number of amides is 2. The standard InChI is InChI=1S/C20H22F3N3O3/c1-19(2,3)29-18(28)25-11-12-5-4-6-13(9-12)17(27)26-16-8-7-14(10-15(16)24)20(21,22)23/h4-10H,11,24H2,1-3H3,(H,25,28)(H,26,27). The van der Waals surface area contributed by atoms with Crippen LogP contribution in [0.15, 0.2) is 42.5 Å². The molecule has 2 aromatic rings. The Bertz CT molecular complexity index is 906. The highest BCUT2D eigenvalue weighted by Crippen LogP contribution is 2.32. The molecule has 0 heterocycles. The third-order valence-corrected chi connectivity index (χ3v) is 3.65. The highest BCUT2D eigenvalue weighted by Gasteiger charge is 2.30. The predicted molar refractivity (Wildman–Crippen MR) is 103 cm³/mol. The third-order valence-electron chi connectivity index (χ3n) is 3.65. The lowest BCUT2D eigenvalue weighted by Gasteiger charge is -2.19. The van der Waals surface area contributed by atoms with Gasteiger partial charge in [-0.1, -0.05) is 12.1 Å². The molecule has 0 aliphatic rings. The summed E-state index contributed by atoms with van der Waals surface area (Å²) in [6, 6.07) is 9.12. The van der Waals surface area contributed by atoms with Gasteiger partial charge in [0.1, 0.15) is 5.60 Å². The highest BCUT2D eigenvalue weighted by atomic mass is 19.4. The molecule has 4 N–H and O–H groups in total. The van der Waals surface area contributed by atoms with Crippen LogP contribution >= 0.6 is 0 Å². The Morgan fingerprint density at radius 2 is 1.76 bits per heavy atom. The largest absolute Gasteiger partial charge is 0.444 e. The molecule has 0 radical (unpaired) electrons. The van der Waals surface area contributed by atoms with Gasteiger partial charge in [-0.15, -0.1) is 0 Å². The van der Waals surface area contributed by atoms with Gasteiger partial charge in [-0.2, -0.15) is 13.2 Å². The molecule has 2 aromatic carbocycles. The maximum absolute atomic E-state index is 12.7. The molecule has 0 fully saturated rings. The molecule has 0 aromatic heterocycles. The summed E-state index contributed by atoms with van der Waals surface area (Å²) in [4.78, 5) is 24.1. The van der Waals surface area contributed by atoms with Gasteiger partial charge in [0.05, 0.1) is 16.9 Å². The van der Waals surface area contributed by atoms with Gasteiger partial charge in [0, 0.05) is 12.1 Å². The Kier molecular flexibility index (Phi) is 6.41. The van der Waals surface area contributed by atoms with Crippen LogP contribution in [0, 0.1) is 0 Å². The number of carbonyl (C=O) groups is 2. The number of halogens is 3. The van der Waals surface area contributed by atoms with Crippen LogP contribution in [-0.2, 0) is 17.5 Å². The van der Waals surface area contributed by atoms with Crippen molar-refractivity contribution >= 4 is 23.4 Å². The molecule has 2 rings (SSSR count). The molecule has 0 aliphatic heterocycles. The second-order valence-electron chi connectivity index (χ2n) is 7.31. The molecule has 0 spiro atoms. The zero-order valence-electron chi connectivity index (χ0n) is 16.2. The summed E-state index contributed by atoms with van der Waals surface area (Å²) in [6.07, 6.45) is -5.11. The molecular formula is C20H22F3N3O3. The summed E-state index contributed by atoms with van der Waals surface area (Å²) < 4.78 is 43.3. The van der Waals surface area contributed by atoms with Crippen LogP contribution < -0.4 is 16.4 Å². The van der Waals surface area contributed by atoms with Crippen LogP contribution in [0.5, 0.6) is 0 Å². The van der Waals surface area contributed by atoms with Crippen LogP contribution in [0.1, 0.15) is 42.3 Å². The van der Waals surface area contributed by atoms with E-state index in [1.165, 1.54) is 6.07 Å². The van der Waals surface area contributed by atoms with E-state index in [2.05, 4.69) is 10.6 Å². The zero-order chi connectivity index (χ0) is 21.8. The Hall–Kier alpha value is -3.23. The maximum Gasteiger partial charge on any atom is 0.416 e. The number of hydrogen-bond acceptors (Lipinski definition) is 4. The van der Waals surface area contributed by atoms with E-state index in [4.69, 9.17) is 10.5 Å². The van der Waals surface area contributed by atoms with E-state index in [0.717, 1.165) is 18.2 Å². The predicted octanol–water partition coefficient (Wildman–Crippen LogP) is 4.56. The number of ether oxygens (including phenoxy) is 1. The van der Waals surface area contributed by atoms with Gasteiger partial charge < -0.3 is 21.1 Å². The SMILES string of the molecule is CC(C)(C)OC(=O)NCc1cccc(C(=O)Nc2ccc(C(F)(F)F)cc2N)c1. The van der Waals surface area contributed by atoms with Crippen molar-refractivity contribution in [1.29, 1.82) is 0 Å². The zero-order valence-corrected chi connectivity index (χ0v) is 16.2. The smallest absolute Gasteiger partial charge is 0.416 e. The van der Waals surface area contributed by atoms with Crippen molar-refractivity contribution in [2.45, 2.75) is 39.1 Å². The summed E-state index contributed by atoms with van der Waals surface area (Å²) in [6.45, 7) is 5.36. The van der Waals surface area contributed by atoms with Crippen LogP contribution in [0.4, 0.5) is 29.3 Å². The number of rotatable bonds is 4. The van der Waals surface area contributed by atoms with Crippen molar-refractivity contribution < 1.29 is 27.5 Å². The van der Waals surface area contributed by atoms with Gasteiger partial charge in [0.15, 0.2) is 0 Å². The normalized spacial score (nSPS) is 11.7. The molecule has 0 aliphatic carbocycles. The summed E-state index contributed by atoms with van der Waals surface area (Å²) in [5.74, 6) is -0.546. The quantitative estimate of drug-likeness (QED) is 0.645. The molecule has 2 amide bonds. The number of carbonyl (C=O) groups excluding carboxylic acids is 2. The van der Waals surface area contributed by atoms with Crippen molar-refractivity contribution in [2.24, 2.45) is 0 Å². The first-order chi connectivity index (χ1) is 13.3. The average Bonchev–Trinajstić information content (AvgIpc) is 2.59. The van der Waals surface area contributed by atoms with Crippen molar-refractivity contribution in [3.8, 4) is 0 Å². The number of anilines is 2. The van der Waals surface area contributed by atoms with E-state index in [1.54, 1.807) is 39.0 Å². The molecule has 9 heteroatoms. The summed E-state index contributed by atoms with van der Waals surface area (Å²) >= 11 is 0. The number of alkyl carbamates (subject to hydrolysis) is 1. The Balaban J connectivity index is 2.05. The van der Waals surface area contributed by atoms with Gasteiger partial charge in [-0.05, 0) is 56.7 Å². The summed E-state index contributed by atoms with van der Waals surface area (Å²) in [5.41, 5.74) is 4.87. The second kappa shape index (κ2) is 8.42. The fourth-order valence-corrected chi connectivity index (χ4v) is 2.36. The molecule has 0 saturated heterocycles. The van der Waals surface area contributed by atoms with Crippen LogP contribution in [-0.4, -0.2) is 17.6 Å². The minimum Gasteiger partial charge on any atom is -0.444 e. The van der Waals surface area contributed by atoms with E-state index in [-0.39, 0.29) is 23.5 Å². The van der Waals surface area contributed by atoms with Crippen molar-refractivity contribution in [3.63, 3.8) is 0 Å². The fourth-order valence-electron chi connectivity index (χ4n) is 2.36. The molecule has 0 atom stereocenters. The van der Waals surface area contributed by atoms with Gasteiger partial charge in [0.25, 0.3) is 5.91 Å². The fraction of sp³-hybridized carbons (Fsp3) is 0.300. The highest BCUT2D eigenvalue weighted by molar-refractivity contribution is 6.05. The Morgan fingerprint density at radius 3 is 2.34 bits per heavy atom. The van der Waals surface area contributed by atoms with Gasteiger partial charge in [-0.3, -0.25) is 4.79 Å². The van der Waals surface area contributed by atoms with Gasteiger partial charge in [0.2, 0.25) is 0 Å². The lowest BCUT2D eigenvalue weighted by atomic mass is 10.1. The molecule has 156 valence electrons. The summed E-state index contributed by atoms with van der Waals surface area (Å²) in [5, 5.41) is 5.07. The van der Waals surface area contributed by atoms with Crippen molar-refractivity contribution in [3.05, 3.63) is 59.2 Å². The second-order valence-corrected chi connectivity index (χ2v) is 7.31. The number of nitrogens with two attached hydrogens (primary N) is 1. The van der Waals surface area contributed by atoms with Crippen LogP contribution in [0.25, 0.3) is 0 Å². The number of nitrogens with one attached hydrogen (secondary N) is 2. The monoisotopic (exact) mass is 409 g/mol. The minimum atomic E-state index is -4.52. The number of nitrogen functional groups attached to an aromatic ring is 1. The molecule has 0 unspecified atom stereocenters. The van der Waals surface area contributed by atoms with Crippen LogP contribution in [0.2, 0.25) is 0 Å². The first-order valence-electron chi connectivity index (χ1n) is 8.69. The molecular weight excluding hydrogens is 387 g/mol. The van der Waals surface area contributed by atoms with Crippen molar-refractivity contribution in [1.82, 2.24) is 5.32 Å². The first-order valence-corrected chi connectivity index (χ1v) is 8.69. The first kappa shape index (κ1) is 22.1. The number of alkyl halides is 3. The lowest BCUT2D eigenvalue weighted by Crippen LogP contribution is -2.32. The molecule has 0 bridgehead atoms. The van der Waals surface area contributed by atoms with E-state index in [0.29, 0.717) is 5.56 Å². The maximum atomic E-state index is 12.7. The Morgan fingerprint density at radius 1 is 1.07 bits per heavy atom. The molecule has 6 nitrogen and oxygen atoms in total. The topological polar surface area (TPSA) is 93.4 Å². The third kappa shape index (κ3) is 6.70. The summed E-state index contributed by atoms with van der Waals surface area (Å²) in [7, 11) is 0. The Labute approximate surface area is 166 Å². The van der Waals surface area contributed by atoms with Gasteiger partial charge >= 0.3 is 12.3 Å². The number of hydrogen-bond donors (Lipinski definition) is 3. The molecule has 29 heavy (non-hydrogen) atoms. The van der Waals surface area contributed by atoms with E-state index in [9.17, 15) is 22.8 Å². The average molecular weight is 409 g/mol. The van der Waals surface area contributed by atoms with Crippen LogP contribution in [0.3, 0.4) is 0 Å².